The first-order valence-corrected chi connectivity index (χ1v) is 8.20. The van der Waals surface area contributed by atoms with Gasteiger partial charge in [0, 0.05) is 29.2 Å². The number of halogens is 1. The van der Waals surface area contributed by atoms with E-state index in [1.165, 1.54) is 26.0 Å². The van der Waals surface area contributed by atoms with Crippen LogP contribution in [0.15, 0.2) is 54.9 Å². The summed E-state index contributed by atoms with van der Waals surface area (Å²) in [6, 6.07) is 10.8. The summed E-state index contributed by atoms with van der Waals surface area (Å²) in [6.07, 6.45) is 3.15. The van der Waals surface area contributed by atoms with Crippen LogP contribution in [0.4, 0.5) is 10.1 Å². The maximum atomic E-state index is 13.4. The Morgan fingerprint density at radius 2 is 1.93 bits per heavy atom. The Kier molecular flexibility index (Phi) is 4.77. The topological polar surface area (TPSA) is 94.3 Å². The Bertz CT molecular complexity index is 1030. The van der Waals surface area contributed by atoms with Crippen LogP contribution in [0.5, 0.6) is 11.5 Å². The van der Waals surface area contributed by atoms with Crippen LogP contribution in [0, 0.1) is 11.2 Å². The Hall–Kier alpha value is -3.48. The first kappa shape index (κ1) is 18.3. The number of amides is 2. The smallest absolute Gasteiger partial charge is 0.239 e. The third-order valence-electron chi connectivity index (χ3n) is 4.23. The zero-order valence-corrected chi connectivity index (χ0v) is 14.8. The molecule has 138 valence electrons. The number of pyridine rings is 1. The van der Waals surface area contributed by atoms with Gasteiger partial charge in [-0.2, -0.15) is 0 Å². The molecule has 0 radical (unpaired) electrons. The van der Waals surface area contributed by atoms with E-state index in [1.807, 2.05) is 0 Å². The standard InChI is InChI=1S/C20H18FN3O3/c1-20(2,18(22)25)19(26)24-16-6-7-17(14-8-9-23-11-15(14)16)27-13-5-3-4-12(21)10-13/h3-11H,1-2H3,(H2,22,25)(H,24,26). The zero-order chi connectivity index (χ0) is 19.6. The van der Waals surface area contributed by atoms with Crippen molar-refractivity contribution in [2.45, 2.75) is 13.8 Å². The molecule has 0 unspecified atom stereocenters. The number of primary amides is 1. The molecule has 1 aromatic heterocycles. The van der Waals surface area contributed by atoms with Crippen molar-refractivity contribution < 1.29 is 18.7 Å². The summed E-state index contributed by atoms with van der Waals surface area (Å²) < 4.78 is 19.2. The van der Waals surface area contributed by atoms with Crippen molar-refractivity contribution in [3.05, 3.63) is 60.7 Å². The lowest BCUT2D eigenvalue weighted by Crippen LogP contribution is -2.42. The fraction of sp³-hybridized carbons (Fsp3) is 0.150. The van der Waals surface area contributed by atoms with Crippen LogP contribution in [0.2, 0.25) is 0 Å². The van der Waals surface area contributed by atoms with Crippen molar-refractivity contribution in [1.82, 2.24) is 4.98 Å². The van der Waals surface area contributed by atoms with Gasteiger partial charge >= 0.3 is 0 Å². The molecule has 0 bridgehead atoms. The highest BCUT2D eigenvalue weighted by Crippen LogP contribution is 2.34. The van der Waals surface area contributed by atoms with Crippen molar-refractivity contribution in [2.24, 2.45) is 11.1 Å². The van der Waals surface area contributed by atoms with E-state index in [-0.39, 0.29) is 0 Å². The number of nitrogens with one attached hydrogen (secondary N) is 1. The summed E-state index contributed by atoms with van der Waals surface area (Å²) in [4.78, 5) is 28.0. The van der Waals surface area contributed by atoms with Gasteiger partial charge in [0.25, 0.3) is 0 Å². The molecule has 2 aromatic carbocycles. The molecular weight excluding hydrogens is 349 g/mol. The number of anilines is 1. The molecule has 0 saturated heterocycles. The van der Waals surface area contributed by atoms with Gasteiger partial charge in [-0.05, 0) is 44.2 Å². The van der Waals surface area contributed by atoms with Gasteiger partial charge in [-0.15, -0.1) is 0 Å². The molecule has 27 heavy (non-hydrogen) atoms. The second-order valence-corrected chi connectivity index (χ2v) is 6.54. The molecule has 3 rings (SSSR count). The minimum Gasteiger partial charge on any atom is -0.457 e. The first-order valence-electron chi connectivity index (χ1n) is 8.20. The fourth-order valence-corrected chi connectivity index (χ4v) is 2.41. The van der Waals surface area contributed by atoms with Gasteiger partial charge in [0.2, 0.25) is 11.8 Å². The summed E-state index contributed by atoms with van der Waals surface area (Å²) in [7, 11) is 0. The van der Waals surface area contributed by atoms with Gasteiger partial charge in [-0.3, -0.25) is 14.6 Å². The van der Waals surface area contributed by atoms with Crippen molar-refractivity contribution >= 4 is 28.3 Å². The Morgan fingerprint density at radius 1 is 1.15 bits per heavy atom. The van der Waals surface area contributed by atoms with Crippen LogP contribution in [0.25, 0.3) is 10.8 Å². The molecule has 0 spiro atoms. The number of benzene rings is 2. The number of aromatic nitrogens is 1. The third kappa shape index (κ3) is 3.72. The van der Waals surface area contributed by atoms with E-state index < -0.39 is 23.0 Å². The van der Waals surface area contributed by atoms with Gasteiger partial charge in [0.1, 0.15) is 22.7 Å². The number of carbonyl (C=O) groups excluding carboxylic acids is 2. The molecule has 0 aliphatic rings. The van der Waals surface area contributed by atoms with Gasteiger partial charge in [0.15, 0.2) is 0 Å². The first-order chi connectivity index (χ1) is 12.8. The molecule has 3 aromatic rings. The minimum atomic E-state index is -1.37. The molecule has 0 fully saturated rings. The predicted octanol–water partition coefficient (Wildman–Crippen LogP) is 3.62. The zero-order valence-electron chi connectivity index (χ0n) is 14.8. The molecule has 0 atom stereocenters. The van der Waals surface area contributed by atoms with E-state index in [4.69, 9.17) is 10.5 Å². The number of carbonyl (C=O) groups is 2. The van der Waals surface area contributed by atoms with Crippen LogP contribution in [-0.2, 0) is 9.59 Å². The van der Waals surface area contributed by atoms with Crippen molar-refractivity contribution in [1.29, 1.82) is 0 Å². The predicted molar refractivity (Wildman–Crippen MR) is 99.8 cm³/mol. The number of hydrogen-bond donors (Lipinski definition) is 2. The van der Waals surface area contributed by atoms with Crippen molar-refractivity contribution in [2.75, 3.05) is 5.32 Å². The maximum Gasteiger partial charge on any atom is 0.239 e. The van der Waals surface area contributed by atoms with E-state index >= 15 is 0 Å². The molecule has 0 aliphatic carbocycles. The van der Waals surface area contributed by atoms with Gasteiger partial charge in [-0.25, -0.2) is 4.39 Å². The van der Waals surface area contributed by atoms with Crippen molar-refractivity contribution in [3.63, 3.8) is 0 Å². The van der Waals surface area contributed by atoms with Crippen LogP contribution < -0.4 is 15.8 Å². The van der Waals surface area contributed by atoms with Crippen molar-refractivity contribution in [3.8, 4) is 11.5 Å². The van der Waals surface area contributed by atoms with E-state index in [9.17, 15) is 14.0 Å². The molecular formula is C20H18FN3O3. The Morgan fingerprint density at radius 3 is 2.63 bits per heavy atom. The Labute approximate surface area is 155 Å². The highest BCUT2D eigenvalue weighted by Gasteiger charge is 2.34. The Balaban J connectivity index is 1.98. The molecule has 1 heterocycles. The SMILES string of the molecule is CC(C)(C(N)=O)C(=O)Nc1ccc(Oc2cccc(F)c2)c2ccncc12. The summed E-state index contributed by atoms with van der Waals surface area (Å²) in [5.74, 6) is -0.839. The van der Waals surface area contributed by atoms with Gasteiger partial charge in [0.05, 0.1) is 5.69 Å². The van der Waals surface area contributed by atoms with Crippen LogP contribution in [-0.4, -0.2) is 16.8 Å². The lowest BCUT2D eigenvalue weighted by atomic mass is 9.91. The normalized spacial score (nSPS) is 11.2. The fourth-order valence-electron chi connectivity index (χ4n) is 2.41. The average molecular weight is 367 g/mol. The van der Waals surface area contributed by atoms with E-state index in [0.29, 0.717) is 28.0 Å². The number of fused-ring (bicyclic) bond motifs is 1. The van der Waals surface area contributed by atoms with Crippen LogP contribution >= 0.6 is 0 Å². The number of hydrogen-bond acceptors (Lipinski definition) is 4. The summed E-state index contributed by atoms with van der Waals surface area (Å²) in [5, 5.41) is 3.99. The van der Waals surface area contributed by atoms with E-state index in [1.54, 1.807) is 42.7 Å². The second kappa shape index (κ2) is 7.03. The van der Waals surface area contributed by atoms with Gasteiger partial charge < -0.3 is 15.8 Å². The lowest BCUT2D eigenvalue weighted by molar-refractivity contribution is -0.136. The summed E-state index contributed by atoms with van der Waals surface area (Å²) in [5.41, 5.74) is 4.39. The van der Waals surface area contributed by atoms with E-state index in [0.717, 1.165) is 0 Å². The maximum absolute atomic E-state index is 13.4. The monoisotopic (exact) mass is 367 g/mol. The quantitative estimate of drug-likeness (QED) is 0.674. The summed E-state index contributed by atoms with van der Waals surface area (Å²) >= 11 is 0. The van der Waals surface area contributed by atoms with Gasteiger partial charge in [-0.1, -0.05) is 6.07 Å². The molecule has 6 nitrogen and oxygen atoms in total. The van der Waals surface area contributed by atoms with Crippen LogP contribution in [0.1, 0.15) is 13.8 Å². The summed E-state index contributed by atoms with van der Waals surface area (Å²) in [6.45, 7) is 2.90. The number of nitrogens with zero attached hydrogens (tertiary/aromatic N) is 1. The number of nitrogens with two attached hydrogens (primary N) is 1. The molecule has 0 aliphatic heterocycles. The largest absolute Gasteiger partial charge is 0.457 e. The molecule has 7 heteroatoms. The van der Waals surface area contributed by atoms with E-state index in [2.05, 4.69) is 10.3 Å². The number of ether oxygens (including phenoxy) is 1. The second-order valence-electron chi connectivity index (χ2n) is 6.54. The minimum absolute atomic E-state index is 0.347. The molecule has 2 amide bonds. The molecule has 3 N–H and O–H groups in total. The third-order valence-corrected chi connectivity index (χ3v) is 4.23. The number of rotatable bonds is 5. The highest BCUT2D eigenvalue weighted by molar-refractivity contribution is 6.12. The average Bonchev–Trinajstić information content (AvgIpc) is 2.63. The highest BCUT2D eigenvalue weighted by atomic mass is 19.1. The van der Waals surface area contributed by atoms with Crippen LogP contribution in [0.3, 0.4) is 0 Å². The molecule has 0 saturated carbocycles. The lowest BCUT2D eigenvalue weighted by Gasteiger charge is -2.20.